The first kappa shape index (κ1) is 32.3. The molecule has 0 aliphatic carbocycles. The number of amides is 2. The van der Waals surface area contributed by atoms with Gasteiger partial charge in [0.25, 0.3) is 0 Å². The summed E-state index contributed by atoms with van der Waals surface area (Å²) in [6.07, 6.45) is 0.922. The molecule has 0 aromatic heterocycles. The molecule has 0 heterocycles. The monoisotopic (exact) mass is 625 g/mol. The molecule has 0 spiro atoms. The van der Waals surface area contributed by atoms with Gasteiger partial charge in [-0.05, 0) is 50.6 Å². The lowest BCUT2D eigenvalue weighted by Gasteiger charge is -2.35. The van der Waals surface area contributed by atoms with Crippen LogP contribution in [0.5, 0.6) is 0 Å². The first-order valence-electron chi connectivity index (χ1n) is 12.6. The van der Waals surface area contributed by atoms with Crippen molar-refractivity contribution in [3.05, 3.63) is 99.5 Å². The number of nitrogens with zero attached hydrogens (tertiary/aromatic N) is 2. The Morgan fingerprint density at radius 3 is 2.07 bits per heavy atom. The topological polar surface area (TPSA) is 86.8 Å². The molecule has 0 aliphatic rings. The van der Waals surface area contributed by atoms with Gasteiger partial charge in [-0.15, -0.1) is 0 Å². The Bertz CT molecular complexity index is 1500. The number of carbonyl (C=O) groups is 2. The molecule has 0 bridgehead atoms. The van der Waals surface area contributed by atoms with E-state index in [-0.39, 0.29) is 28.7 Å². The lowest BCUT2D eigenvalue weighted by molar-refractivity contribution is -0.140. The molecule has 12 heteroatoms. The molecule has 1 N–H and O–H groups in total. The number of sulfonamides is 1. The van der Waals surface area contributed by atoms with Gasteiger partial charge in [0.2, 0.25) is 21.8 Å². The number of nitrogens with one attached hydrogen (secondary N) is 1. The van der Waals surface area contributed by atoms with E-state index in [0.717, 1.165) is 24.0 Å². The quantitative estimate of drug-likeness (QED) is 0.318. The van der Waals surface area contributed by atoms with Crippen LogP contribution in [0.4, 0.5) is 14.5 Å². The third-order valence-corrected chi connectivity index (χ3v) is 7.88. The van der Waals surface area contributed by atoms with E-state index in [1.54, 1.807) is 63.2 Å². The van der Waals surface area contributed by atoms with Crippen molar-refractivity contribution in [3.8, 4) is 0 Å². The van der Waals surface area contributed by atoms with Crippen molar-refractivity contribution in [2.75, 3.05) is 17.1 Å². The minimum Gasteiger partial charge on any atom is -0.350 e. The van der Waals surface area contributed by atoms with E-state index < -0.39 is 51.6 Å². The van der Waals surface area contributed by atoms with Crippen LogP contribution in [0.3, 0.4) is 0 Å². The molecule has 7 nitrogen and oxygen atoms in total. The standard InChI is InChI=1S/C29H31Cl2F2N3O4S/c1-29(2,3)34-28(38)26(15-19-9-6-5-7-10-19)35(17-21-22(30)11-8-12-23(21)31)27(37)18-36(41(4,39)40)20-13-14-24(32)25(33)16-20/h5-14,16,26H,15,17-18H2,1-4H3,(H,34,38)/t26-/m0/s1. The molecule has 2 amide bonds. The molecule has 1 atom stereocenters. The number of halogens is 4. The molecule has 0 fully saturated rings. The number of anilines is 1. The van der Waals surface area contributed by atoms with Crippen LogP contribution in [0.15, 0.2) is 66.7 Å². The third kappa shape index (κ3) is 8.89. The molecule has 0 aliphatic heterocycles. The van der Waals surface area contributed by atoms with E-state index in [9.17, 15) is 26.8 Å². The largest absolute Gasteiger partial charge is 0.350 e. The maximum absolute atomic E-state index is 14.1. The highest BCUT2D eigenvalue weighted by Gasteiger charge is 2.35. The average Bonchev–Trinajstić information content (AvgIpc) is 2.86. The molecule has 3 aromatic rings. The molecular weight excluding hydrogens is 595 g/mol. The molecule has 0 saturated heterocycles. The van der Waals surface area contributed by atoms with Crippen molar-refractivity contribution in [1.82, 2.24) is 10.2 Å². The van der Waals surface area contributed by atoms with E-state index in [2.05, 4.69) is 5.32 Å². The Kier molecular flexibility index (Phi) is 10.4. The van der Waals surface area contributed by atoms with Crippen LogP contribution in [0.1, 0.15) is 31.9 Å². The summed E-state index contributed by atoms with van der Waals surface area (Å²) in [7, 11) is -4.15. The maximum Gasteiger partial charge on any atom is 0.244 e. The van der Waals surface area contributed by atoms with Gasteiger partial charge >= 0.3 is 0 Å². The maximum atomic E-state index is 14.1. The first-order valence-corrected chi connectivity index (χ1v) is 15.2. The number of benzene rings is 3. The normalized spacial score (nSPS) is 12.5. The molecule has 3 aromatic carbocycles. The van der Waals surface area contributed by atoms with Crippen molar-refractivity contribution < 1.29 is 26.8 Å². The number of carbonyl (C=O) groups excluding carboxylic acids is 2. The molecule has 0 radical (unpaired) electrons. The second kappa shape index (κ2) is 13.2. The summed E-state index contributed by atoms with van der Waals surface area (Å²) in [4.78, 5) is 29.0. The molecule has 0 saturated carbocycles. The Labute approximate surface area is 249 Å². The summed E-state index contributed by atoms with van der Waals surface area (Å²) in [5, 5.41) is 3.38. The fourth-order valence-corrected chi connectivity index (χ4v) is 5.47. The SMILES string of the molecule is CC(C)(C)NC(=O)[C@H](Cc1ccccc1)N(Cc1c(Cl)cccc1Cl)C(=O)CN(c1ccc(F)c(F)c1)S(C)(=O)=O. The highest BCUT2D eigenvalue weighted by atomic mass is 35.5. The van der Waals surface area contributed by atoms with Gasteiger partial charge < -0.3 is 10.2 Å². The highest BCUT2D eigenvalue weighted by molar-refractivity contribution is 7.92. The van der Waals surface area contributed by atoms with Crippen molar-refractivity contribution in [2.45, 2.75) is 45.3 Å². The summed E-state index contributed by atoms with van der Waals surface area (Å²) >= 11 is 12.9. The second-order valence-corrected chi connectivity index (χ2v) is 13.3. The van der Waals surface area contributed by atoms with E-state index in [0.29, 0.717) is 15.9 Å². The lowest BCUT2D eigenvalue weighted by atomic mass is 10.0. The summed E-state index contributed by atoms with van der Waals surface area (Å²) in [6.45, 7) is 4.32. The van der Waals surface area contributed by atoms with Gasteiger partial charge in [0.05, 0.1) is 11.9 Å². The Hall–Kier alpha value is -3.21. The fourth-order valence-electron chi connectivity index (χ4n) is 4.11. The predicted molar refractivity (Wildman–Crippen MR) is 157 cm³/mol. The van der Waals surface area contributed by atoms with Gasteiger partial charge in [0.15, 0.2) is 11.6 Å². The van der Waals surface area contributed by atoms with E-state index in [1.807, 2.05) is 6.07 Å². The van der Waals surface area contributed by atoms with Crippen LogP contribution in [-0.4, -0.2) is 49.5 Å². The smallest absolute Gasteiger partial charge is 0.244 e. The zero-order valence-corrected chi connectivity index (χ0v) is 25.3. The predicted octanol–water partition coefficient (Wildman–Crippen LogP) is 5.59. The van der Waals surface area contributed by atoms with Gasteiger partial charge in [0.1, 0.15) is 12.6 Å². The number of rotatable bonds is 10. The van der Waals surface area contributed by atoms with Crippen LogP contribution in [0.25, 0.3) is 0 Å². The number of hydrogen-bond donors (Lipinski definition) is 1. The summed E-state index contributed by atoms with van der Waals surface area (Å²) in [5.74, 6) is -3.74. The van der Waals surface area contributed by atoms with Crippen molar-refractivity contribution in [1.29, 1.82) is 0 Å². The first-order chi connectivity index (χ1) is 19.1. The fraction of sp³-hybridized carbons (Fsp3) is 0.310. The summed E-state index contributed by atoms with van der Waals surface area (Å²) in [5.41, 5.74) is 0.177. The Morgan fingerprint density at radius 1 is 0.927 bits per heavy atom. The Morgan fingerprint density at radius 2 is 1.54 bits per heavy atom. The van der Waals surface area contributed by atoms with Gasteiger partial charge in [-0.2, -0.15) is 0 Å². The van der Waals surface area contributed by atoms with E-state index >= 15 is 0 Å². The minimum absolute atomic E-state index is 0.0839. The summed E-state index contributed by atoms with van der Waals surface area (Å²) < 4.78 is 53.8. The minimum atomic E-state index is -4.15. The third-order valence-electron chi connectivity index (χ3n) is 6.03. The molecule has 220 valence electrons. The van der Waals surface area contributed by atoms with Crippen molar-refractivity contribution in [3.63, 3.8) is 0 Å². The van der Waals surface area contributed by atoms with Crippen molar-refractivity contribution in [2.24, 2.45) is 0 Å². The highest BCUT2D eigenvalue weighted by Crippen LogP contribution is 2.28. The van der Waals surface area contributed by atoms with Crippen molar-refractivity contribution >= 4 is 50.7 Å². The van der Waals surface area contributed by atoms with Gasteiger partial charge in [-0.3, -0.25) is 13.9 Å². The molecule has 41 heavy (non-hydrogen) atoms. The zero-order chi connectivity index (χ0) is 30.5. The molecule has 0 unspecified atom stereocenters. The average molecular weight is 627 g/mol. The van der Waals surface area contributed by atoms with Crippen LogP contribution >= 0.6 is 23.2 Å². The number of hydrogen-bond acceptors (Lipinski definition) is 4. The van der Waals surface area contributed by atoms with Crippen LogP contribution in [-0.2, 0) is 32.6 Å². The Balaban J connectivity index is 2.13. The molecular formula is C29H31Cl2F2N3O4S. The second-order valence-electron chi connectivity index (χ2n) is 10.5. The van der Waals surface area contributed by atoms with Gasteiger partial charge in [-0.25, -0.2) is 17.2 Å². The lowest BCUT2D eigenvalue weighted by Crippen LogP contribution is -2.56. The van der Waals surface area contributed by atoms with Gasteiger partial charge in [-0.1, -0.05) is 59.6 Å². The van der Waals surface area contributed by atoms with Crippen LogP contribution in [0, 0.1) is 11.6 Å². The van der Waals surface area contributed by atoms with Crippen LogP contribution < -0.4 is 9.62 Å². The van der Waals surface area contributed by atoms with Gasteiger partial charge in [0, 0.05) is 40.2 Å². The van der Waals surface area contributed by atoms with E-state index in [4.69, 9.17) is 23.2 Å². The van der Waals surface area contributed by atoms with Crippen LogP contribution in [0.2, 0.25) is 10.0 Å². The van der Waals surface area contributed by atoms with E-state index in [1.165, 1.54) is 4.90 Å². The molecule has 3 rings (SSSR count). The summed E-state index contributed by atoms with van der Waals surface area (Å²) in [6, 6.07) is 15.2. The zero-order valence-electron chi connectivity index (χ0n) is 23.0.